The monoisotopic (exact) mass is 389 g/mol. The van der Waals surface area contributed by atoms with Crippen molar-refractivity contribution < 1.29 is 9.84 Å². The first-order valence-corrected chi connectivity index (χ1v) is 10.4. The highest BCUT2D eigenvalue weighted by molar-refractivity contribution is 7.07. The lowest BCUT2D eigenvalue weighted by Crippen LogP contribution is -2.39. The van der Waals surface area contributed by atoms with E-state index in [0.29, 0.717) is 19.0 Å². The average molecular weight is 390 g/mol. The maximum atomic E-state index is 10.5. The first-order chi connectivity index (χ1) is 13.0. The molecule has 1 aromatic carbocycles. The molecule has 5 nitrogen and oxygen atoms in total. The van der Waals surface area contributed by atoms with E-state index in [1.165, 1.54) is 5.56 Å². The van der Waals surface area contributed by atoms with Crippen LogP contribution in [0, 0.1) is 0 Å². The molecule has 0 aliphatic carbocycles. The molecule has 6 heteroatoms. The highest BCUT2D eigenvalue weighted by Crippen LogP contribution is 2.19. The fraction of sp³-hybridized carbons (Fsp3) is 0.476. The van der Waals surface area contributed by atoms with E-state index >= 15 is 0 Å². The second kappa shape index (κ2) is 10.9. The lowest BCUT2D eigenvalue weighted by atomic mass is 10.1. The van der Waals surface area contributed by atoms with Gasteiger partial charge in [0, 0.05) is 25.6 Å². The van der Waals surface area contributed by atoms with E-state index < -0.39 is 6.10 Å². The Kier molecular flexibility index (Phi) is 8.61. The van der Waals surface area contributed by atoms with E-state index in [1.54, 1.807) is 11.3 Å². The number of benzene rings is 1. The number of hydrogen-bond acceptors (Lipinski definition) is 4. The normalized spacial score (nSPS) is 14.1. The molecular formula is C21H31N3O2S. The Bertz CT molecular complexity index is 684. The minimum Gasteiger partial charge on any atom is -0.491 e. The van der Waals surface area contributed by atoms with Crippen LogP contribution in [0.15, 0.2) is 46.1 Å². The number of thiophene rings is 1. The van der Waals surface area contributed by atoms with Gasteiger partial charge in [-0.25, -0.2) is 0 Å². The second-order valence-corrected chi connectivity index (χ2v) is 7.59. The average Bonchev–Trinajstić information content (AvgIpc) is 3.18. The van der Waals surface area contributed by atoms with Crippen molar-refractivity contribution in [3.05, 3.63) is 52.2 Å². The Labute approximate surface area is 166 Å². The van der Waals surface area contributed by atoms with Crippen LogP contribution in [0.2, 0.25) is 0 Å². The van der Waals surface area contributed by atoms with E-state index in [-0.39, 0.29) is 6.10 Å². The third-order valence-corrected chi connectivity index (χ3v) is 4.78. The van der Waals surface area contributed by atoms with Crippen molar-refractivity contribution >= 4 is 17.3 Å². The molecule has 0 fully saturated rings. The maximum absolute atomic E-state index is 10.5. The topological polar surface area (TPSA) is 65.9 Å². The molecule has 0 spiro atoms. The molecule has 1 heterocycles. The van der Waals surface area contributed by atoms with Gasteiger partial charge in [-0.1, -0.05) is 19.1 Å². The highest BCUT2D eigenvalue weighted by atomic mass is 32.1. The summed E-state index contributed by atoms with van der Waals surface area (Å²) in [5.74, 6) is 1.90. The summed E-state index contributed by atoms with van der Waals surface area (Å²) in [6.07, 6.45) is -0.478. The third kappa shape index (κ3) is 7.23. The van der Waals surface area contributed by atoms with Gasteiger partial charge in [-0.3, -0.25) is 4.99 Å². The van der Waals surface area contributed by atoms with Crippen LogP contribution in [-0.4, -0.2) is 36.8 Å². The number of aliphatic imine (C=N–C) groups is 1. The van der Waals surface area contributed by atoms with Gasteiger partial charge in [0.2, 0.25) is 0 Å². The van der Waals surface area contributed by atoms with Crippen molar-refractivity contribution in [2.45, 2.75) is 45.8 Å². The summed E-state index contributed by atoms with van der Waals surface area (Å²) in [4.78, 5) is 4.65. The van der Waals surface area contributed by atoms with Crippen molar-refractivity contribution in [1.29, 1.82) is 0 Å². The van der Waals surface area contributed by atoms with E-state index in [9.17, 15) is 5.11 Å². The molecule has 0 radical (unpaired) electrons. The highest BCUT2D eigenvalue weighted by Gasteiger charge is 2.10. The van der Waals surface area contributed by atoms with Crippen LogP contribution in [0.25, 0.3) is 0 Å². The van der Waals surface area contributed by atoms with Crippen molar-refractivity contribution in [3.8, 4) is 5.75 Å². The molecule has 0 aliphatic rings. The third-order valence-electron chi connectivity index (χ3n) is 4.08. The summed E-state index contributed by atoms with van der Waals surface area (Å²) in [5.41, 5.74) is 2.16. The zero-order valence-electron chi connectivity index (χ0n) is 16.6. The molecule has 27 heavy (non-hydrogen) atoms. The standard InChI is InChI=1S/C21H31N3O2S/c1-5-22-21(23-12-16(4)18-10-11-27-14-18)24-13-20(25)17-6-8-19(9-7-17)26-15(2)3/h6-11,14-16,20,25H,5,12-13H2,1-4H3,(H2,22,23,24). The van der Waals surface area contributed by atoms with Gasteiger partial charge in [-0.15, -0.1) is 0 Å². The van der Waals surface area contributed by atoms with Gasteiger partial charge in [0.15, 0.2) is 5.96 Å². The summed E-state index contributed by atoms with van der Waals surface area (Å²) in [5, 5.41) is 21.2. The summed E-state index contributed by atoms with van der Waals surface area (Å²) in [7, 11) is 0. The largest absolute Gasteiger partial charge is 0.491 e. The van der Waals surface area contributed by atoms with Crippen molar-refractivity contribution in [2.24, 2.45) is 4.99 Å². The van der Waals surface area contributed by atoms with Gasteiger partial charge >= 0.3 is 0 Å². The molecule has 148 valence electrons. The lowest BCUT2D eigenvalue weighted by molar-refractivity contribution is 0.180. The summed E-state index contributed by atoms with van der Waals surface area (Å²) in [6, 6.07) is 9.71. The summed E-state index contributed by atoms with van der Waals surface area (Å²) < 4.78 is 5.64. The summed E-state index contributed by atoms with van der Waals surface area (Å²) in [6.45, 7) is 10.1. The molecule has 3 N–H and O–H groups in total. The van der Waals surface area contributed by atoms with Crippen LogP contribution in [0.1, 0.15) is 50.8 Å². The molecule has 0 bridgehead atoms. The SMILES string of the molecule is CCNC(=NCC(C)c1ccsc1)NCC(O)c1ccc(OC(C)C)cc1. The number of guanidine groups is 1. The number of rotatable bonds is 9. The van der Waals surface area contributed by atoms with Crippen LogP contribution >= 0.6 is 11.3 Å². The number of nitrogens with one attached hydrogen (secondary N) is 2. The quantitative estimate of drug-likeness (QED) is 0.449. The van der Waals surface area contributed by atoms with E-state index in [4.69, 9.17) is 4.74 Å². The number of aliphatic hydroxyl groups excluding tert-OH is 1. The Morgan fingerprint density at radius 2 is 1.85 bits per heavy atom. The van der Waals surface area contributed by atoms with Gasteiger partial charge in [0.25, 0.3) is 0 Å². The molecule has 2 unspecified atom stereocenters. The maximum Gasteiger partial charge on any atom is 0.191 e. The van der Waals surface area contributed by atoms with E-state index in [0.717, 1.165) is 23.8 Å². The molecule has 1 aromatic heterocycles. The van der Waals surface area contributed by atoms with E-state index in [1.807, 2.05) is 45.0 Å². The van der Waals surface area contributed by atoms with Crippen LogP contribution in [0.4, 0.5) is 0 Å². The Hall–Kier alpha value is -2.05. The first-order valence-electron chi connectivity index (χ1n) is 9.48. The Balaban J connectivity index is 1.89. The van der Waals surface area contributed by atoms with Gasteiger partial charge in [0.05, 0.1) is 12.2 Å². The molecule has 2 atom stereocenters. The molecule has 0 saturated heterocycles. The fourth-order valence-corrected chi connectivity index (χ4v) is 3.36. The number of hydrogen-bond donors (Lipinski definition) is 3. The molecule has 0 saturated carbocycles. The van der Waals surface area contributed by atoms with Crippen LogP contribution < -0.4 is 15.4 Å². The van der Waals surface area contributed by atoms with Crippen LogP contribution in [0.5, 0.6) is 5.75 Å². The molecule has 0 aliphatic heterocycles. The first kappa shape index (κ1) is 21.3. The number of aliphatic hydroxyl groups is 1. The smallest absolute Gasteiger partial charge is 0.191 e. The second-order valence-electron chi connectivity index (χ2n) is 6.81. The molecule has 0 amide bonds. The molecular weight excluding hydrogens is 358 g/mol. The van der Waals surface area contributed by atoms with Crippen LogP contribution in [0.3, 0.4) is 0 Å². The van der Waals surface area contributed by atoms with Gasteiger partial charge in [0.1, 0.15) is 5.75 Å². The summed E-state index contributed by atoms with van der Waals surface area (Å²) >= 11 is 1.71. The minimum absolute atomic E-state index is 0.137. The molecule has 2 rings (SSSR count). The zero-order valence-corrected chi connectivity index (χ0v) is 17.4. The van der Waals surface area contributed by atoms with Gasteiger partial charge < -0.3 is 20.5 Å². The van der Waals surface area contributed by atoms with Crippen molar-refractivity contribution in [1.82, 2.24) is 10.6 Å². The fourth-order valence-electron chi connectivity index (χ4n) is 2.58. The Morgan fingerprint density at radius 1 is 1.11 bits per heavy atom. The van der Waals surface area contributed by atoms with Crippen molar-refractivity contribution in [2.75, 3.05) is 19.6 Å². The van der Waals surface area contributed by atoms with Crippen molar-refractivity contribution in [3.63, 3.8) is 0 Å². The Morgan fingerprint density at radius 3 is 2.44 bits per heavy atom. The zero-order chi connectivity index (χ0) is 19.6. The number of ether oxygens (including phenoxy) is 1. The minimum atomic E-state index is -0.615. The number of nitrogens with zero attached hydrogens (tertiary/aromatic N) is 1. The predicted molar refractivity (Wildman–Crippen MR) is 114 cm³/mol. The van der Waals surface area contributed by atoms with Gasteiger partial charge in [-0.05, 0) is 60.9 Å². The van der Waals surface area contributed by atoms with Crippen LogP contribution in [-0.2, 0) is 0 Å². The predicted octanol–water partition coefficient (Wildman–Crippen LogP) is 3.93. The lowest BCUT2D eigenvalue weighted by Gasteiger charge is -2.17. The van der Waals surface area contributed by atoms with Gasteiger partial charge in [-0.2, -0.15) is 11.3 Å². The van der Waals surface area contributed by atoms with E-state index in [2.05, 4.69) is 39.4 Å². The molecule has 2 aromatic rings.